The molecule has 0 aromatic heterocycles. The Kier molecular flexibility index (Phi) is 3.80. The van der Waals surface area contributed by atoms with Crippen LogP contribution in [0.4, 0.5) is 0 Å². The molecular weight excluding hydrogens is 220 g/mol. The average Bonchev–Trinajstić information content (AvgIpc) is 2.15. The first-order valence-electron chi connectivity index (χ1n) is 5.57. The largest absolute Gasteiger partial charge is 0.294 e. The maximum atomic E-state index is 11.8. The molecule has 1 nitrogen and oxygen atoms in total. The third-order valence-electron chi connectivity index (χ3n) is 2.62. The van der Waals surface area contributed by atoms with Gasteiger partial charge in [-0.25, -0.2) is 0 Å². The fourth-order valence-corrected chi connectivity index (χ4v) is 1.77. The third kappa shape index (κ3) is 2.85. The summed E-state index contributed by atoms with van der Waals surface area (Å²) < 4.78 is 0. The second-order valence-corrected chi connectivity index (χ2v) is 5.87. The fourth-order valence-electron chi connectivity index (χ4n) is 1.49. The summed E-state index contributed by atoms with van der Waals surface area (Å²) in [5.41, 5.74) is 1.84. The van der Waals surface area contributed by atoms with E-state index in [4.69, 9.17) is 11.6 Å². The minimum atomic E-state index is -0.0158. The highest BCUT2D eigenvalue weighted by Crippen LogP contribution is 2.28. The van der Waals surface area contributed by atoms with Gasteiger partial charge in [0.25, 0.3) is 0 Å². The van der Waals surface area contributed by atoms with Crippen LogP contribution >= 0.6 is 11.6 Å². The molecule has 0 unspecified atom stereocenters. The number of carbonyl (C=O) groups is 1. The van der Waals surface area contributed by atoms with Crippen LogP contribution in [0.2, 0.25) is 5.02 Å². The molecule has 0 aliphatic rings. The molecule has 0 saturated carbocycles. The molecule has 0 N–H and O–H groups in total. The van der Waals surface area contributed by atoms with Gasteiger partial charge < -0.3 is 0 Å². The highest BCUT2D eigenvalue weighted by atomic mass is 35.5. The van der Waals surface area contributed by atoms with Crippen molar-refractivity contribution in [1.29, 1.82) is 0 Å². The van der Waals surface area contributed by atoms with E-state index in [-0.39, 0.29) is 17.1 Å². The molecule has 0 radical (unpaired) electrons. The normalized spacial score (nSPS) is 11.9. The van der Waals surface area contributed by atoms with Gasteiger partial charge in [-0.3, -0.25) is 4.79 Å². The van der Waals surface area contributed by atoms with Gasteiger partial charge in [0.15, 0.2) is 5.78 Å². The van der Waals surface area contributed by atoms with Crippen LogP contribution in [0.25, 0.3) is 0 Å². The summed E-state index contributed by atoms with van der Waals surface area (Å²) in [5, 5.41) is 0.561. The van der Waals surface area contributed by atoms with Crippen LogP contribution in [-0.2, 0) is 5.41 Å². The first kappa shape index (κ1) is 13.2. The SMILES string of the molecule is CC(C)C(=O)c1ccc(C(C)(C)C)cc1Cl. The Labute approximate surface area is 103 Å². The van der Waals surface area contributed by atoms with Crippen LogP contribution in [0, 0.1) is 5.92 Å². The Morgan fingerprint density at radius 2 is 1.81 bits per heavy atom. The molecule has 0 amide bonds. The molecule has 0 aliphatic heterocycles. The molecule has 1 rings (SSSR count). The van der Waals surface area contributed by atoms with Gasteiger partial charge in [0, 0.05) is 11.5 Å². The summed E-state index contributed by atoms with van der Waals surface area (Å²) in [4.78, 5) is 11.8. The first-order chi connectivity index (χ1) is 7.23. The lowest BCUT2D eigenvalue weighted by Gasteiger charge is -2.20. The lowest BCUT2D eigenvalue weighted by Crippen LogP contribution is -2.13. The van der Waals surface area contributed by atoms with Crippen LogP contribution in [0.15, 0.2) is 18.2 Å². The molecule has 0 aliphatic carbocycles. The Hall–Kier alpha value is -0.820. The van der Waals surface area contributed by atoms with Crippen molar-refractivity contribution >= 4 is 17.4 Å². The van der Waals surface area contributed by atoms with Crippen LogP contribution in [0.5, 0.6) is 0 Å². The summed E-state index contributed by atoms with van der Waals surface area (Å²) in [5.74, 6) is 0.0865. The van der Waals surface area contributed by atoms with Crippen molar-refractivity contribution in [3.63, 3.8) is 0 Å². The van der Waals surface area contributed by atoms with Crippen LogP contribution in [0.1, 0.15) is 50.5 Å². The molecule has 0 spiro atoms. The second-order valence-electron chi connectivity index (χ2n) is 5.46. The molecule has 1 aromatic rings. The Morgan fingerprint density at radius 1 is 1.25 bits per heavy atom. The van der Waals surface area contributed by atoms with Crippen molar-refractivity contribution in [3.8, 4) is 0 Å². The predicted molar refractivity (Wildman–Crippen MR) is 69.3 cm³/mol. The molecule has 0 fully saturated rings. The zero-order chi connectivity index (χ0) is 12.5. The minimum Gasteiger partial charge on any atom is -0.294 e. The van der Waals surface area contributed by atoms with Crippen LogP contribution < -0.4 is 0 Å². The molecule has 0 bridgehead atoms. The van der Waals surface area contributed by atoms with Gasteiger partial charge in [-0.1, -0.05) is 52.3 Å². The summed E-state index contributed by atoms with van der Waals surface area (Å²) in [7, 11) is 0. The monoisotopic (exact) mass is 238 g/mol. The van der Waals surface area contributed by atoms with Gasteiger partial charge in [0.05, 0.1) is 5.02 Å². The van der Waals surface area contributed by atoms with Gasteiger partial charge >= 0.3 is 0 Å². The van der Waals surface area contributed by atoms with E-state index in [0.29, 0.717) is 10.6 Å². The van der Waals surface area contributed by atoms with Gasteiger partial charge in [-0.05, 0) is 23.1 Å². The Morgan fingerprint density at radius 3 is 2.19 bits per heavy atom. The van der Waals surface area contributed by atoms with Crippen LogP contribution in [0.3, 0.4) is 0 Å². The van der Waals surface area contributed by atoms with Gasteiger partial charge in [-0.15, -0.1) is 0 Å². The highest BCUT2D eigenvalue weighted by molar-refractivity contribution is 6.34. The van der Waals surface area contributed by atoms with E-state index in [1.807, 2.05) is 32.0 Å². The lowest BCUT2D eigenvalue weighted by atomic mass is 9.86. The molecule has 0 saturated heterocycles. The van der Waals surface area contributed by atoms with Crippen molar-refractivity contribution in [3.05, 3.63) is 34.3 Å². The number of hydrogen-bond donors (Lipinski definition) is 0. The van der Waals surface area contributed by atoms with E-state index in [2.05, 4.69) is 20.8 Å². The molecule has 16 heavy (non-hydrogen) atoms. The fraction of sp³-hybridized carbons (Fsp3) is 0.500. The Balaban J connectivity index is 3.15. The summed E-state index contributed by atoms with van der Waals surface area (Å²) in [6.45, 7) is 10.2. The van der Waals surface area contributed by atoms with E-state index < -0.39 is 0 Å². The maximum Gasteiger partial charge on any atom is 0.166 e. The predicted octanol–water partition coefficient (Wildman–Crippen LogP) is 4.48. The zero-order valence-corrected chi connectivity index (χ0v) is 11.4. The van der Waals surface area contributed by atoms with Crippen molar-refractivity contribution in [2.75, 3.05) is 0 Å². The van der Waals surface area contributed by atoms with Crippen molar-refractivity contribution in [2.45, 2.75) is 40.0 Å². The number of carbonyl (C=O) groups excluding carboxylic acids is 1. The van der Waals surface area contributed by atoms with E-state index in [1.165, 1.54) is 0 Å². The average molecular weight is 239 g/mol. The van der Waals surface area contributed by atoms with Gasteiger partial charge in [0.2, 0.25) is 0 Å². The number of hydrogen-bond acceptors (Lipinski definition) is 1. The number of benzene rings is 1. The second kappa shape index (κ2) is 4.58. The third-order valence-corrected chi connectivity index (χ3v) is 2.94. The standard InChI is InChI=1S/C14H19ClO/c1-9(2)13(16)11-7-6-10(8-12(11)15)14(3,4)5/h6-9H,1-5H3. The van der Waals surface area contributed by atoms with Crippen LogP contribution in [-0.4, -0.2) is 5.78 Å². The number of halogens is 1. The molecule has 2 heteroatoms. The number of ketones is 1. The van der Waals surface area contributed by atoms with Crippen molar-refractivity contribution < 1.29 is 4.79 Å². The summed E-state index contributed by atoms with van der Waals surface area (Å²) in [6, 6.07) is 5.73. The lowest BCUT2D eigenvalue weighted by molar-refractivity contribution is 0.0939. The number of Topliss-reactive ketones (excluding diaryl/α,β-unsaturated/α-hetero) is 1. The summed E-state index contributed by atoms with van der Waals surface area (Å²) >= 11 is 6.15. The van der Waals surface area contributed by atoms with Crippen molar-refractivity contribution in [1.82, 2.24) is 0 Å². The van der Waals surface area contributed by atoms with E-state index in [0.717, 1.165) is 5.56 Å². The minimum absolute atomic E-state index is 0.0158. The van der Waals surface area contributed by atoms with E-state index in [1.54, 1.807) is 0 Å². The first-order valence-corrected chi connectivity index (χ1v) is 5.95. The molecule has 1 aromatic carbocycles. The molecule has 88 valence electrons. The zero-order valence-electron chi connectivity index (χ0n) is 10.6. The quantitative estimate of drug-likeness (QED) is 0.695. The smallest absolute Gasteiger partial charge is 0.166 e. The maximum absolute atomic E-state index is 11.8. The molecule has 0 heterocycles. The topological polar surface area (TPSA) is 17.1 Å². The molecular formula is C14H19ClO. The van der Waals surface area contributed by atoms with Gasteiger partial charge in [0.1, 0.15) is 0 Å². The summed E-state index contributed by atoms with van der Waals surface area (Å²) in [6.07, 6.45) is 0. The van der Waals surface area contributed by atoms with Crippen molar-refractivity contribution in [2.24, 2.45) is 5.92 Å². The Bertz CT molecular complexity index is 400. The van der Waals surface area contributed by atoms with E-state index >= 15 is 0 Å². The highest BCUT2D eigenvalue weighted by Gasteiger charge is 2.18. The van der Waals surface area contributed by atoms with E-state index in [9.17, 15) is 4.79 Å². The molecule has 0 atom stereocenters. The number of rotatable bonds is 2. The van der Waals surface area contributed by atoms with Gasteiger partial charge in [-0.2, -0.15) is 0 Å².